The van der Waals surface area contributed by atoms with Crippen molar-refractivity contribution in [1.29, 1.82) is 0 Å². The largest absolute Gasteiger partial charge is 0.355 e. The van der Waals surface area contributed by atoms with Crippen molar-refractivity contribution in [2.75, 3.05) is 13.1 Å². The number of nitrogens with two attached hydrogens (primary N) is 1. The van der Waals surface area contributed by atoms with Gasteiger partial charge in [0.15, 0.2) is 0 Å². The first-order valence-corrected chi connectivity index (χ1v) is 6.08. The minimum absolute atomic E-state index is 0.0139. The average Bonchev–Trinajstić information content (AvgIpc) is 2.79. The molecular weight excluding hydrogens is 228 g/mol. The molecule has 0 saturated carbocycles. The van der Waals surface area contributed by atoms with E-state index in [0.29, 0.717) is 25.4 Å². The standard InChI is InChI=1S/C13H18N4O/c1-9(6-14)7-16-12(18)5-10-8-17-13-11(10)3-2-4-15-13/h2-4,8-9H,5-7,14H2,1H3,(H,15,17)(H,16,18). The van der Waals surface area contributed by atoms with Crippen molar-refractivity contribution in [3.05, 3.63) is 30.1 Å². The molecule has 0 spiro atoms. The van der Waals surface area contributed by atoms with Crippen LogP contribution in [-0.2, 0) is 11.2 Å². The minimum atomic E-state index is 0.0139. The van der Waals surface area contributed by atoms with Gasteiger partial charge in [0.25, 0.3) is 0 Å². The molecule has 2 aromatic heterocycles. The van der Waals surface area contributed by atoms with Gasteiger partial charge in [0, 0.05) is 24.3 Å². The van der Waals surface area contributed by atoms with Crippen LogP contribution in [0.4, 0.5) is 0 Å². The second kappa shape index (κ2) is 5.64. The molecule has 0 aliphatic heterocycles. The van der Waals surface area contributed by atoms with Gasteiger partial charge in [-0.05, 0) is 30.2 Å². The van der Waals surface area contributed by atoms with Crippen LogP contribution < -0.4 is 11.1 Å². The number of nitrogens with one attached hydrogen (secondary N) is 2. The van der Waals surface area contributed by atoms with E-state index in [1.165, 1.54) is 0 Å². The number of hydrogen-bond acceptors (Lipinski definition) is 3. The normalized spacial score (nSPS) is 12.6. The molecule has 0 bridgehead atoms. The molecule has 0 aliphatic rings. The lowest BCUT2D eigenvalue weighted by molar-refractivity contribution is -0.120. The molecule has 0 saturated heterocycles. The number of pyridine rings is 1. The van der Waals surface area contributed by atoms with Gasteiger partial charge in [-0.1, -0.05) is 6.92 Å². The molecular formula is C13H18N4O. The van der Waals surface area contributed by atoms with Crippen LogP contribution in [0.15, 0.2) is 24.5 Å². The number of H-pyrrole nitrogens is 1. The number of hydrogen-bond donors (Lipinski definition) is 3. The molecule has 5 nitrogen and oxygen atoms in total. The highest BCUT2D eigenvalue weighted by Gasteiger charge is 2.09. The van der Waals surface area contributed by atoms with Crippen LogP contribution in [0.5, 0.6) is 0 Å². The van der Waals surface area contributed by atoms with Crippen LogP contribution in [0.3, 0.4) is 0 Å². The van der Waals surface area contributed by atoms with E-state index in [2.05, 4.69) is 15.3 Å². The summed E-state index contributed by atoms with van der Waals surface area (Å²) < 4.78 is 0. The molecule has 96 valence electrons. The maximum absolute atomic E-state index is 11.8. The van der Waals surface area contributed by atoms with Gasteiger partial charge < -0.3 is 16.0 Å². The molecule has 2 heterocycles. The quantitative estimate of drug-likeness (QED) is 0.730. The van der Waals surface area contributed by atoms with E-state index < -0.39 is 0 Å². The van der Waals surface area contributed by atoms with Crippen molar-refractivity contribution in [3.8, 4) is 0 Å². The second-order valence-corrected chi connectivity index (χ2v) is 4.54. The number of aromatic nitrogens is 2. The lowest BCUT2D eigenvalue weighted by atomic mass is 10.1. The van der Waals surface area contributed by atoms with Crippen LogP contribution in [0.1, 0.15) is 12.5 Å². The predicted molar refractivity (Wildman–Crippen MR) is 71.0 cm³/mol. The first-order valence-electron chi connectivity index (χ1n) is 6.08. The highest BCUT2D eigenvalue weighted by Crippen LogP contribution is 2.15. The Morgan fingerprint density at radius 2 is 2.44 bits per heavy atom. The predicted octanol–water partition coefficient (Wildman–Crippen LogP) is 0.816. The summed E-state index contributed by atoms with van der Waals surface area (Å²) in [6.07, 6.45) is 3.93. The Hall–Kier alpha value is -1.88. The van der Waals surface area contributed by atoms with Gasteiger partial charge in [-0.25, -0.2) is 4.98 Å². The summed E-state index contributed by atoms with van der Waals surface area (Å²) >= 11 is 0. The van der Waals surface area contributed by atoms with E-state index in [1.54, 1.807) is 6.20 Å². The first kappa shape index (κ1) is 12.6. The number of amides is 1. The fourth-order valence-electron chi connectivity index (χ4n) is 1.77. The third kappa shape index (κ3) is 2.87. The van der Waals surface area contributed by atoms with Crippen molar-refractivity contribution in [1.82, 2.24) is 15.3 Å². The number of carbonyl (C=O) groups is 1. The molecule has 4 N–H and O–H groups in total. The fourth-order valence-corrected chi connectivity index (χ4v) is 1.77. The van der Waals surface area contributed by atoms with Crippen LogP contribution >= 0.6 is 0 Å². The van der Waals surface area contributed by atoms with E-state index in [-0.39, 0.29) is 5.91 Å². The number of aromatic amines is 1. The van der Waals surface area contributed by atoms with Crippen molar-refractivity contribution < 1.29 is 4.79 Å². The Balaban J connectivity index is 1.99. The summed E-state index contributed by atoms with van der Waals surface area (Å²) in [7, 11) is 0. The van der Waals surface area contributed by atoms with E-state index in [4.69, 9.17) is 5.73 Å². The smallest absolute Gasteiger partial charge is 0.224 e. The van der Waals surface area contributed by atoms with Gasteiger partial charge in [0.05, 0.1) is 6.42 Å². The van der Waals surface area contributed by atoms with Crippen LogP contribution in [0.2, 0.25) is 0 Å². The Bertz CT molecular complexity index is 535. The molecule has 0 aliphatic carbocycles. The van der Waals surface area contributed by atoms with Crippen molar-refractivity contribution in [3.63, 3.8) is 0 Å². The zero-order valence-electron chi connectivity index (χ0n) is 10.4. The maximum atomic E-state index is 11.8. The molecule has 18 heavy (non-hydrogen) atoms. The number of fused-ring (bicyclic) bond motifs is 1. The maximum Gasteiger partial charge on any atom is 0.224 e. The SMILES string of the molecule is CC(CN)CNC(=O)Cc1c[nH]c2ncccc12. The van der Waals surface area contributed by atoms with Crippen molar-refractivity contribution in [2.45, 2.75) is 13.3 Å². The van der Waals surface area contributed by atoms with E-state index in [1.807, 2.05) is 25.3 Å². The third-order valence-electron chi connectivity index (χ3n) is 2.94. The fraction of sp³-hybridized carbons (Fsp3) is 0.385. The van der Waals surface area contributed by atoms with Gasteiger partial charge in [-0.2, -0.15) is 0 Å². The van der Waals surface area contributed by atoms with Gasteiger partial charge in [-0.15, -0.1) is 0 Å². The lowest BCUT2D eigenvalue weighted by Crippen LogP contribution is -2.32. The Labute approximate surface area is 106 Å². The molecule has 0 radical (unpaired) electrons. The van der Waals surface area contributed by atoms with E-state index >= 15 is 0 Å². The number of carbonyl (C=O) groups excluding carboxylic acids is 1. The van der Waals surface area contributed by atoms with Gasteiger partial charge >= 0.3 is 0 Å². The van der Waals surface area contributed by atoms with Gasteiger partial charge in [0.1, 0.15) is 5.65 Å². The second-order valence-electron chi connectivity index (χ2n) is 4.54. The van der Waals surface area contributed by atoms with Gasteiger partial charge in [0.2, 0.25) is 5.91 Å². The van der Waals surface area contributed by atoms with E-state index in [0.717, 1.165) is 16.6 Å². The van der Waals surface area contributed by atoms with E-state index in [9.17, 15) is 4.79 Å². The Morgan fingerprint density at radius 1 is 1.61 bits per heavy atom. The topological polar surface area (TPSA) is 83.8 Å². The summed E-state index contributed by atoms with van der Waals surface area (Å²) in [5.74, 6) is 0.318. The summed E-state index contributed by atoms with van der Waals surface area (Å²) in [5.41, 5.74) is 7.29. The molecule has 5 heteroatoms. The summed E-state index contributed by atoms with van der Waals surface area (Å²) in [6, 6.07) is 3.83. The third-order valence-corrected chi connectivity index (χ3v) is 2.94. The Kier molecular flexibility index (Phi) is 3.94. The zero-order chi connectivity index (χ0) is 13.0. The molecule has 0 aromatic carbocycles. The van der Waals surface area contributed by atoms with Gasteiger partial charge in [-0.3, -0.25) is 4.79 Å². The number of nitrogens with zero attached hydrogens (tertiary/aromatic N) is 1. The average molecular weight is 246 g/mol. The molecule has 1 unspecified atom stereocenters. The molecule has 1 atom stereocenters. The minimum Gasteiger partial charge on any atom is -0.355 e. The van der Waals surface area contributed by atoms with Crippen LogP contribution in [0.25, 0.3) is 11.0 Å². The summed E-state index contributed by atoms with van der Waals surface area (Å²) in [6.45, 7) is 3.21. The summed E-state index contributed by atoms with van der Waals surface area (Å²) in [5, 5.41) is 3.88. The highest BCUT2D eigenvalue weighted by molar-refractivity contribution is 5.86. The Morgan fingerprint density at radius 3 is 3.22 bits per heavy atom. The van der Waals surface area contributed by atoms with Crippen molar-refractivity contribution >= 4 is 16.9 Å². The molecule has 2 rings (SSSR count). The molecule has 2 aromatic rings. The van der Waals surface area contributed by atoms with Crippen molar-refractivity contribution in [2.24, 2.45) is 11.7 Å². The lowest BCUT2D eigenvalue weighted by Gasteiger charge is -2.09. The van der Waals surface area contributed by atoms with Crippen LogP contribution in [-0.4, -0.2) is 29.0 Å². The van der Waals surface area contributed by atoms with Crippen LogP contribution in [0, 0.1) is 5.92 Å². The zero-order valence-corrected chi connectivity index (χ0v) is 10.4. The first-order chi connectivity index (χ1) is 8.70. The highest BCUT2D eigenvalue weighted by atomic mass is 16.1. The molecule has 0 fully saturated rings. The summed E-state index contributed by atoms with van der Waals surface area (Å²) in [4.78, 5) is 19.0. The molecule has 1 amide bonds. The monoisotopic (exact) mass is 246 g/mol. The number of rotatable bonds is 5.